The van der Waals surface area contributed by atoms with Crippen LogP contribution in [0.2, 0.25) is 0 Å². The van der Waals surface area contributed by atoms with Crippen LogP contribution in [0.3, 0.4) is 0 Å². The lowest BCUT2D eigenvalue weighted by Crippen LogP contribution is -2.37. The number of carbonyl (C=O) groups excluding carboxylic acids is 1. The van der Waals surface area contributed by atoms with Gasteiger partial charge in [0, 0.05) is 0 Å². The van der Waals surface area contributed by atoms with Crippen LogP contribution in [0.1, 0.15) is 23.2 Å². The summed E-state index contributed by atoms with van der Waals surface area (Å²) >= 11 is 0. The van der Waals surface area contributed by atoms with Crippen molar-refractivity contribution in [2.45, 2.75) is 12.1 Å². The number of ketones is 1. The molecule has 0 spiro atoms. The zero-order valence-corrected chi connectivity index (χ0v) is 13.5. The normalized spacial score (nSPS) is 19.2. The first kappa shape index (κ1) is 15.2. The summed E-state index contributed by atoms with van der Waals surface area (Å²) in [5.41, 5.74) is 1.53. The van der Waals surface area contributed by atoms with Gasteiger partial charge in [-0.1, -0.05) is 36.4 Å². The van der Waals surface area contributed by atoms with E-state index >= 15 is 0 Å². The molecule has 4 rings (SSSR count). The van der Waals surface area contributed by atoms with Crippen molar-refractivity contribution >= 4 is 11.7 Å². The molecule has 0 amide bonds. The van der Waals surface area contributed by atoms with Gasteiger partial charge >= 0.3 is 0 Å². The van der Waals surface area contributed by atoms with Gasteiger partial charge in [-0.2, -0.15) is 10.1 Å². The van der Waals surface area contributed by atoms with Crippen molar-refractivity contribution in [3.05, 3.63) is 66.0 Å². The summed E-state index contributed by atoms with van der Waals surface area (Å²) in [5.74, 6) is 0.801. The van der Waals surface area contributed by atoms with Gasteiger partial charge < -0.3 is 15.2 Å². The maximum atomic E-state index is 13.2. The highest BCUT2D eigenvalue weighted by molar-refractivity contribution is 5.95. The summed E-state index contributed by atoms with van der Waals surface area (Å²) in [4.78, 5) is 17.4. The Labute approximate surface area is 143 Å². The van der Waals surface area contributed by atoms with E-state index in [9.17, 15) is 9.90 Å². The van der Waals surface area contributed by atoms with Crippen LogP contribution in [0.4, 0.5) is 5.95 Å². The molecule has 2 atom stereocenters. The first-order valence-electron chi connectivity index (χ1n) is 7.80. The Morgan fingerprint density at radius 2 is 1.96 bits per heavy atom. The molecule has 25 heavy (non-hydrogen) atoms. The molecule has 0 fully saturated rings. The van der Waals surface area contributed by atoms with Crippen LogP contribution < -0.4 is 10.1 Å². The van der Waals surface area contributed by atoms with E-state index in [4.69, 9.17) is 4.74 Å². The number of Topliss-reactive ketones (excluding diaryl/α,β-unsaturated/α-hetero) is 1. The lowest BCUT2D eigenvalue weighted by atomic mass is 9.92. The first-order chi connectivity index (χ1) is 12.2. The van der Waals surface area contributed by atoms with Gasteiger partial charge in [0.15, 0.2) is 17.3 Å². The van der Waals surface area contributed by atoms with Gasteiger partial charge in [-0.15, -0.1) is 0 Å². The monoisotopic (exact) mass is 336 g/mol. The van der Waals surface area contributed by atoms with E-state index in [1.807, 2.05) is 30.3 Å². The number of nitrogens with one attached hydrogen (secondary N) is 1. The maximum absolute atomic E-state index is 13.2. The Morgan fingerprint density at radius 3 is 2.72 bits per heavy atom. The number of anilines is 1. The molecule has 0 radical (unpaired) electrons. The molecule has 0 saturated carbocycles. The van der Waals surface area contributed by atoms with Crippen LogP contribution in [-0.4, -0.2) is 32.8 Å². The number of nitrogens with zero attached hydrogens (tertiary/aromatic N) is 3. The van der Waals surface area contributed by atoms with E-state index in [0.29, 0.717) is 17.3 Å². The van der Waals surface area contributed by atoms with Crippen LogP contribution in [0.15, 0.2) is 54.9 Å². The highest BCUT2D eigenvalue weighted by Gasteiger charge is 2.38. The molecular weight excluding hydrogens is 320 g/mol. The number of phenolic OH excluding ortho intramolecular Hbond substituents is 1. The SMILES string of the molecule is COc1cc(C2Nc3ncnn3C(c3ccccc3)C2=O)ccc1O. The molecule has 3 aromatic rings. The summed E-state index contributed by atoms with van der Waals surface area (Å²) in [6.45, 7) is 0. The lowest BCUT2D eigenvalue weighted by Gasteiger charge is -2.30. The average molecular weight is 336 g/mol. The third-order valence-electron chi connectivity index (χ3n) is 4.30. The lowest BCUT2D eigenvalue weighted by molar-refractivity contribution is -0.122. The molecule has 7 heteroatoms. The van der Waals surface area contributed by atoms with Gasteiger partial charge in [-0.3, -0.25) is 4.79 Å². The largest absolute Gasteiger partial charge is 0.504 e. The number of fused-ring (bicyclic) bond motifs is 1. The Bertz CT molecular complexity index is 923. The molecule has 2 heterocycles. The molecule has 1 aliphatic heterocycles. The first-order valence-corrected chi connectivity index (χ1v) is 7.80. The molecule has 2 unspecified atom stereocenters. The fraction of sp³-hybridized carbons (Fsp3) is 0.167. The minimum Gasteiger partial charge on any atom is -0.504 e. The van der Waals surface area contributed by atoms with Crippen LogP contribution >= 0.6 is 0 Å². The van der Waals surface area contributed by atoms with E-state index in [1.165, 1.54) is 19.5 Å². The molecule has 126 valence electrons. The Balaban J connectivity index is 1.80. The molecule has 1 aliphatic rings. The van der Waals surface area contributed by atoms with Crippen molar-refractivity contribution in [2.75, 3.05) is 12.4 Å². The second kappa shape index (κ2) is 5.94. The minimum atomic E-state index is -0.614. The van der Waals surface area contributed by atoms with Gasteiger partial charge in [0.05, 0.1) is 7.11 Å². The second-order valence-corrected chi connectivity index (χ2v) is 5.75. The standard InChI is InChI=1S/C18H16N4O3/c1-25-14-9-12(7-8-13(14)23)15-17(24)16(11-5-3-2-4-6-11)22-18(21-15)19-10-20-22/h2-10,15-16,23H,1H3,(H,19,20,21). The van der Waals surface area contributed by atoms with Gasteiger partial charge in [0.2, 0.25) is 5.95 Å². The van der Waals surface area contributed by atoms with Gasteiger partial charge in [-0.25, -0.2) is 4.68 Å². The van der Waals surface area contributed by atoms with Crippen molar-refractivity contribution in [1.82, 2.24) is 14.8 Å². The van der Waals surface area contributed by atoms with E-state index in [1.54, 1.807) is 16.8 Å². The Morgan fingerprint density at radius 1 is 1.16 bits per heavy atom. The molecule has 0 saturated heterocycles. The van der Waals surface area contributed by atoms with Crippen molar-refractivity contribution in [1.29, 1.82) is 0 Å². The summed E-state index contributed by atoms with van der Waals surface area (Å²) in [7, 11) is 1.47. The van der Waals surface area contributed by atoms with Crippen molar-refractivity contribution in [3.8, 4) is 11.5 Å². The fourth-order valence-corrected chi connectivity index (χ4v) is 3.08. The van der Waals surface area contributed by atoms with Crippen molar-refractivity contribution in [2.24, 2.45) is 0 Å². The smallest absolute Gasteiger partial charge is 0.222 e. The van der Waals surface area contributed by atoms with Crippen molar-refractivity contribution in [3.63, 3.8) is 0 Å². The third-order valence-corrected chi connectivity index (χ3v) is 4.30. The number of ether oxygens (including phenoxy) is 1. The molecule has 0 aliphatic carbocycles. The number of hydrogen-bond acceptors (Lipinski definition) is 6. The number of phenols is 1. The topological polar surface area (TPSA) is 89.3 Å². The number of methoxy groups -OCH3 is 1. The molecule has 7 nitrogen and oxygen atoms in total. The van der Waals surface area contributed by atoms with E-state index in [2.05, 4.69) is 15.4 Å². The average Bonchev–Trinajstić information content (AvgIpc) is 3.10. The van der Waals surface area contributed by atoms with Gasteiger partial charge in [0.1, 0.15) is 18.4 Å². The quantitative estimate of drug-likeness (QED) is 0.763. The zero-order chi connectivity index (χ0) is 17.4. The Kier molecular flexibility index (Phi) is 3.61. The predicted molar refractivity (Wildman–Crippen MR) is 90.6 cm³/mol. The number of carbonyl (C=O) groups is 1. The summed E-state index contributed by atoms with van der Waals surface area (Å²) in [6, 6.07) is 13.2. The maximum Gasteiger partial charge on any atom is 0.222 e. The van der Waals surface area contributed by atoms with E-state index < -0.39 is 12.1 Å². The van der Waals surface area contributed by atoms with E-state index in [0.717, 1.165) is 5.56 Å². The number of aromatic hydroxyl groups is 1. The van der Waals surface area contributed by atoms with Crippen LogP contribution in [0.25, 0.3) is 0 Å². The van der Waals surface area contributed by atoms with Crippen molar-refractivity contribution < 1.29 is 14.6 Å². The number of rotatable bonds is 3. The predicted octanol–water partition coefficient (Wildman–Crippen LogP) is 2.32. The van der Waals surface area contributed by atoms with Crippen LogP contribution in [0.5, 0.6) is 11.5 Å². The molecular formula is C18H16N4O3. The molecule has 1 aromatic heterocycles. The zero-order valence-electron chi connectivity index (χ0n) is 13.5. The number of aromatic nitrogens is 3. The van der Waals surface area contributed by atoms with Crippen LogP contribution in [-0.2, 0) is 4.79 Å². The highest BCUT2D eigenvalue weighted by Crippen LogP contribution is 2.37. The minimum absolute atomic E-state index is 0.0253. The fourth-order valence-electron chi connectivity index (χ4n) is 3.08. The van der Waals surface area contributed by atoms with E-state index in [-0.39, 0.29) is 11.5 Å². The summed E-state index contributed by atoms with van der Waals surface area (Å²) in [6.07, 6.45) is 1.42. The Hall–Kier alpha value is -3.35. The second-order valence-electron chi connectivity index (χ2n) is 5.75. The molecule has 2 N–H and O–H groups in total. The third kappa shape index (κ3) is 2.50. The molecule has 0 bridgehead atoms. The summed E-state index contributed by atoms with van der Waals surface area (Å²) in [5, 5.41) is 17.1. The van der Waals surface area contributed by atoms with Gasteiger partial charge in [-0.05, 0) is 23.3 Å². The number of hydrogen-bond donors (Lipinski definition) is 2. The van der Waals surface area contributed by atoms with Gasteiger partial charge in [0.25, 0.3) is 0 Å². The molecule has 2 aromatic carbocycles. The highest BCUT2D eigenvalue weighted by atomic mass is 16.5. The van der Waals surface area contributed by atoms with Crippen LogP contribution in [0, 0.1) is 0 Å². The number of benzene rings is 2. The summed E-state index contributed by atoms with van der Waals surface area (Å²) < 4.78 is 6.74.